The van der Waals surface area contributed by atoms with Gasteiger partial charge in [-0.05, 0) is 46.5 Å². The van der Waals surface area contributed by atoms with Gasteiger partial charge in [0.25, 0.3) is 0 Å². The van der Waals surface area contributed by atoms with Gasteiger partial charge in [-0.15, -0.1) is 0 Å². The van der Waals surface area contributed by atoms with Gasteiger partial charge in [-0.2, -0.15) is 0 Å². The van der Waals surface area contributed by atoms with E-state index in [0.717, 1.165) is 11.2 Å². The molecule has 0 aliphatic heterocycles. The third-order valence-corrected chi connectivity index (χ3v) is 5.10. The zero-order valence-electron chi connectivity index (χ0n) is 15.8. The largest absolute Gasteiger partial charge is 0.264 e. The summed E-state index contributed by atoms with van der Waals surface area (Å²) in [5.74, 6) is 0.917. The Labute approximate surface area is 154 Å². The van der Waals surface area contributed by atoms with Crippen molar-refractivity contribution in [3.63, 3.8) is 0 Å². The quantitative estimate of drug-likeness (QED) is 0.415. The minimum atomic E-state index is 0.413. The molecule has 130 valence electrons. The Morgan fingerprint density at radius 3 is 2.31 bits per heavy atom. The van der Waals surface area contributed by atoms with Crippen molar-refractivity contribution in [3.05, 3.63) is 72.1 Å². The molecule has 0 aliphatic carbocycles. The van der Waals surface area contributed by atoms with E-state index in [4.69, 9.17) is 4.98 Å². The summed E-state index contributed by atoms with van der Waals surface area (Å²) in [6, 6.07) is 17.4. The normalized spacial score (nSPS) is 11.8. The van der Waals surface area contributed by atoms with Crippen molar-refractivity contribution in [2.45, 2.75) is 39.5 Å². The summed E-state index contributed by atoms with van der Waals surface area (Å²) < 4.78 is 0. The summed E-state index contributed by atoms with van der Waals surface area (Å²) >= 11 is 0. The molecule has 0 spiro atoms. The lowest BCUT2D eigenvalue weighted by molar-refractivity contribution is 0.868. The standard InChI is InChI=1S/C24H24N2/c1-15(2)18-6-5-17-8-10-22(26-23(17)13-18)21-9-7-19-14-25-12-11-20(19)24(21)16(3)4/h5-16H,1-4H3. The van der Waals surface area contributed by atoms with Gasteiger partial charge in [0.2, 0.25) is 0 Å². The number of benzene rings is 2. The fraction of sp³-hybridized carbons (Fsp3) is 0.250. The lowest BCUT2D eigenvalue weighted by Crippen LogP contribution is -1.97. The number of nitrogens with zero attached hydrogens (tertiary/aromatic N) is 2. The topological polar surface area (TPSA) is 25.8 Å². The molecule has 2 nitrogen and oxygen atoms in total. The fourth-order valence-electron chi connectivity index (χ4n) is 3.68. The molecule has 0 atom stereocenters. The van der Waals surface area contributed by atoms with Crippen molar-refractivity contribution in [1.82, 2.24) is 9.97 Å². The predicted octanol–water partition coefficient (Wildman–Crippen LogP) is 6.70. The van der Waals surface area contributed by atoms with Crippen molar-refractivity contribution < 1.29 is 0 Å². The van der Waals surface area contributed by atoms with E-state index in [9.17, 15) is 0 Å². The molecule has 4 aromatic rings. The van der Waals surface area contributed by atoms with Gasteiger partial charge in [0.1, 0.15) is 0 Å². The van der Waals surface area contributed by atoms with Gasteiger partial charge in [-0.25, -0.2) is 4.98 Å². The molecular formula is C24H24N2. The Morgan fingerprint density at radius 2 is 1.54 bits per heavy atom. The Hall–Kier alpha value is -2.74. The summed E-state index contributed by atoms with van der Waals surface area (Å²) in [5, 5.41) is 3.64. The summed E-state index contributed by atoms with van der Waals surface area (Å²) in [6.07, 6.45) is 3.81. The first-order valence-corrected chi connectivity index (χ1v) is 9.32. The Balaban J connectivity index is 1.95. The minimum absolute atomic E-state index is 0.413. The summed E-state index contributed by atoms with van der Waals surface area (Å²) in [6.45, 7) is 8.94. The van der Waals surface area contributed by atoms with Crippen LogP contribution in [0, 0.1) is 0 Å². The number of fused-ring (bicyclic) bond motifs is 2. The highest BCUT2D eigenvalue weighted by atomic mass is 14.7. The molecule has 26 heavy (non-hydrogen) atoms. The molecule has 0 aliphatic rings. The first kappa shape index (κ1) is 16.7. The van der Waals surface area contributed by atoms with E-state index in [-0.39, 0.29) is 0 Å². The fourth-order valence-corrected chi connectivity index (χ4v) is 3.68. The third kappa shape index (κ3) is 2.86. The Morgan fingerprint density at radius 1 is 0.769 bits per heavy atom. The second-order valence-electron chi connectivity index (χ2n) is 7.58. The first-order valence-electron chi connectivity index (χ1n) is 9.32. The maximum Gasteiger partial charge on any atom is 0.0712 e. The van der Waals surface area contributed by atoms with E-state index in [1.165, 1.54) is 32.8 Å². The van der Waals surface area contributed by atoms with Gasteiger partial charge in [0.05, 0.1) is 11.2 Å². The van der Waals surface area contributed by atoms with Crippen molar-refractivity contribution in [3.8, 4) is 11.3 Å². The summed E-state index contributed by atoms with van der Waals surface area (Å²) in [7, 11) is 0. The molecule has 0 unspecified atom stereocenters. The number of rotatable bonds is 3. The zero-order chi connectivity index (χ0) is 18.3. The van der Waals surface area contributed by atoms with E-state index >= 15 is 0 Å². The van der Waals surface area contributed by atoms with Crippen LogP contribution in [-0.4, -0.2) is 9.97 Å². The van der Waals surface area contributed by atoms with E-state index in [1.807, 2.05) is 12.4 Å². The molecule has 0 N–H and O–H groups in total. The van der Waals surface area contributed by atoms with Crippen LogP contribution in [0.15, 0.2) is 60.9 Å². The smallest absolute Gasteiger partial charge is 0.0712 e. The maximum absolute atomic E-state index is 5.02. The third-order valence-electron chi connectivity index (χ3n) is 5.10. The molecule has 4 rings (SSSR count). The molecule has 2 aromatic heterocycles. The second kappa shape index (κ2) is 6.53. The molecule has 0 radical (unpaired) electrons. The van der Waals surface area contributed by atoms with Crippen LogP contribution in [0.2, 0.25) is 0 Å². The van der Waals surface area contributed by atoms with Crippen molar-refractivity contribution >= 4 is 21.7 Å². The lowest BCUT2D eigenvalue weighted by Gasteiger charge is -2.16. The number of pyridine rings is 2. The molecule has 2 heteroatoms. The van der Waals surface area contributed by atoms with E-state index in [0.29, 0.717) is 11.8 Å². The molecule has 0 saturated carbocycles. The second-order valence-corrected chi connectivity index (χ2v) is 7.58. The highest BCUT2D eigenvalue weighted by molar-refractivity contribution is 5.92. The minimum Gasteiger partial charge on any atom is -0.264 e. The van der Waals surface area contributed by atoms with Gasteiger partial charge >= 0.3 is 0 Å². The zero-order valence-corrected chi connectivity index (χ0v) is 15.8. The van der Waals surface area contributed by atoms with Gasteiger partial charge in [-0.3, -0.25) is 4.98 Å². The van der Waals surface area contributed by atoms with Crippen LogP contribution >= 0.6 is 0 Å². The van der Waals surface area contributed by atoms with Crippen LogP contribution in [-0.2, 0) is 0 Å². The number of hydrogen-bond donors (Lipinski definition) is 0. The first-order chi connectivity index (χ1) is 12.5. The maximum atomic E-state index is 5.02. The summed E-state index contributed by atoms with van der Waals surface area (Å²) in [5.41, 5.74) is 6.00. The number of aromatic nitrogens is 2. The van der Waals surface area contributed by atoms with Crippen LogP contribution < -0.4 is 0 Å². The molecule has 2 aromatic carbocycles. The Bertz CT molecular complexity index is 1090. The Kier molecular flexibility index (Phi) is 4.20. The number of hydrogen-bond acceptors (Lipinski definition) is 2. The van der Waals surface area contributed by atoms with Crippen molar-refractivity contribution in [2.24, 2.45) is 0 Å². The monoisotopic (exact) mass is 340 g/mol. The highest BCUT2D eigenvalue weighted by Gasteiger charge is 2.14. The van der Waals surface area contributed by atoms with Gasteiger partial charge in [-0.1, -0.05) is 58.0 Å². The molecule has 0 saturated heterocycles. The molecule has 0 bridgehead atoms. The average Bonchev–Trinajstić information content (AvgIpc) is 2.65. The van der Waals surface area contributed by atoms with Gasteiger partial charge in [0.15, 0.2) is 0 Å². The van der Waals surface area contributed by atoms with Crippen LogP contribution in [0.25, 0.3) is 32.9 Å². The lowest BCUT2D eigenvalue weighted by atomic mass is 9.90. The summed E-state index contributed by atoms with van der Waals surface area (Å²) in [4.78, 5) is 9.29. The molecular weight excluding hydrogens is 316 g/mol. The van der Waals surface area contributed by atoms with Crippen molar-refractivity contribution in [1.29, 1.82) is 0 Å². The molecule has 0 fully saturated rings. The van der Waals surface area contributed by atoms with E-state index < -0.39 is 0 Å². The van der Waals surface area contributed by atoms with Crippen molar-refractivity contribution in [2.75, 3.05) is 0 Å². The van der Waals surface area contributed by atoms with Gasteiger partial charge < -0.3 is 0 Å². The van der Waals surface area contributed by atoms with E-state index in [2.05, 4.69) is 81.2 Å². The van der Waals surface area contributed by atoms with Crippen LogP contribution in [0.4, 0.5) is 0 Å². The predicted molar refractivity (Wildman–Crippen MR) is 111 cm³/mol. The van der Waals surface area contributed by atoms with E-state index in [1.54, 1.807) is 0 Å². The van der Waals surface area contributed by atoms with Gasteiger partial charge in [0, 0.05) is 28.7 Å². The molecule has 0 amide bonds. The average molecular weight is 340 g/mol. The highest BCUT2D eigenvalue weighted by Crippen LogP contribution is 2.35. The molecule has 2 heterocycles. The van der Waals surface area contributed by atoms with Crippen LogP contribution in [0.3, 0.4) is 0 Å². The van der Waals surface area contributed by atoms with Crippen LogP contribution in [0.1, 0.15) is 50.7 Å². The SMILES string of the molecule is CC(C)c1ccc2ccc(-c3ccc4cnccc4c3C(C)C)nc2c1. The van der Waals surface area contributed by atoms with Crippen LogP contribution in [0.5, 0.6) is 0 Å².